The molecular weight excluding hydrogens is 206 g/mol. The van der Waals surface area contributed by atoms with Crippen LogP contribution in [0.15, 0.2) is 18.6 Å². The molecular formula is C9H11N7. The molecule has 0 aromatic carbocycles. The van der Waals surface area contributed by atoms with Gasteiger partial charge in [-0.25, -0.2) is 4.98 Å². The van der Waals surface area contributed by atoms with E-state index >= 15 is 0 Å². The lowest BCUT2D eigenvalue weighted by atomic mass is 10.4. The van der Waals surface area contributed by atoms with Gasteiger partial charge in [0.05, 0.1) is 6.20 Å². The van der Waals surface area contributed by atoms with Gasteiger partial charge in [0.15, 0.2) is 5.82 Å². The van der Waals surface area contributed by atoms with Gasteiger partial charge in [-0.15, -0.1) is 0 Å². The summed E-state index contributed by atoms with van der Waals surface area (Å²) in [4.78, 5) is 22.0. The molecule has 0 spiro atoms. The minimum absolute atomic E-state index is 0.166. The molecule has 0 radical (unpaired) electrons. The zero-order valence-corrected chi connectivity index (χ0v) is 8.99. The molecule has 0 fully saturated rings. The number of hydrogen-bond donors (Lipinski definition) is 1. The van der Waals surface area contributed by atoms with Crippen LogP contribution in [0.3, 0.4) is 0 Å². The molecule has 2 heterocycles. The molecule has 16 heavy (non-hydrogen) atoms. The van der Waals surface area contributed by atoms with Crippen LogP contribution in [0.25, 0.3) is 11.5 Å². The largest absolute Gasteiger partial charge is 0.368 e. The first kappa shape index (κ1) is 10.2. The molecule has 7 heteroatoms. The van der Waals surface area contributed by atoms with Crippen molar-refractivity contribution >= 4 is 11.9 Å². The van der Waals surface area contributed by atoms with Crippen LogP contribution in [0.1, 0.15) is 0 Å². The van der Waals surface area contributed by atoms with E-state index in [4.69, 9.17) is 5.73 Å². The Morgan fingerprint density at radius 1 is 1.12 bits per heavy atom. The third-order valence-electron chi connectivity index (χ3n) is 1.83. The summed E-state index contributed by atoms with van der Waals surface area (Å²) >= 11 is 0. The number of nitrogens with zero attached hydrogens (tertiary/aromatic N) is 6. The van der Waals surface area contributed by atoms with Gasteiger partial charge in [0, 0.05) is 26.5 Å². The van der Waals surface area contributed by atoms with Gasteiger partial charge in [0.2, 0.25) is 11.9 Å². The molecule has 0 aliphatic carbocycles. The Morgan fingerprint density at radius 3 is 2.56 bits per heavy atom. The van der Waals surface area contributed by atoms with E-state index < -0.39 is 0 Å². The second kappa shape index (κ2) is 4.05. The fourth-order valence-corrected chi connectivity index (χ4v) is 1.11. The van der Waals surface area contributed by atoms with Gasteiger partial charge in [-0.2, -0.15) is 15.0 Å². The third-order valence-corrected chi connectivity index (χ3v) is 1.83. The molecule has 2 N–H and O–H groups in total. The van der Waals surface area contributed by atoms with E-state index in [-0.39, 0.29) is 5.95 Å². The standard InChI is InChI=1S/C9H11N7/c1-16(2)9-14-7(13-8(10)15-9)6-5-11-3-4-12-6/h3-5H,1-2H3,(H2,10,13,14,15). The normalized spacial score (nSPS) is 10.1. The maximum Gasteiger partial charge on any atom is 0.230 e. The quantitative estimate of drug-likeness (QED) is 0.755. The fraction of sp³-hybridized carbons (Fsp3) is 0.222. The molecule has 0 saturated heterocycles. The predicted molar refractivity (Wildman–Crippen MR) is 59.6 cm³/mol. The van der Waals surface area contributed by atoms with Gasteiger partial charge < -0.3 is 10.6 Å². The number of nitrogen functional groups attached to an aromatic ring is 1. The van der Waals surface area contributed by atoms with Crippen LogP contribution < -0.4 is 10.6 Å². The molecule has 0 amide bonds. The molecule has 0 unspecified atom stereocenters. The molecule has 0 saturated carbocycles. The van der Waals surface area contributed by atoms with Crippen LogP contribution in [-0.2, 0) is 0 Å². The van der Waals surface area contributed by atoms with Crippen molar-refractivity contribution in [2.24, 2.45) is 0 Å². The number of anilines is 2. The van der Waals surface area contributed by atoms with Gasteiger partial charge in [-0.05, 0) is 0 Å². The van der Waals surface area contributed by atoms with E-state index in [0.29, 0.717) is 17.5 Å². The van der Waals surface area contributed by atoms with Crippen molar-refractivity contribution < 1.29 is 0 Å². The lowest BCUT2D eigenvalue weighted by Gasteiger charge is -2.10. The SMILES string of the molecule is CN(C)c1nc(N)nc(-c2cnccn2)n1. The van der Waals surface area contributed by atoms with Crippen molar-refractivity contribution in [1.29, 1.82) is 0 Å². The van der Waals surface area contributed by atoms with Gasteiger partial charge >= 0.3 is 0 Å². The van der Waals surface area contributed by atoms with Gasteiger partial charge in [-0.3, -0.25) is 4.98 Å². The highest BCUT2D eigenvalue weighted by molar-refractivity contribution is 5.51. The van der Waals surface area contributed by atoms with E-state index in [2.05, 4.69) is 24.9 Å². The zero-order chi connectivity index (χ0) is 11.5. The Balaban J connectivity index is 2.50. The molecule has 2 aromatic heterocycles. The van der Waals surface area contributed by atoms with E-state index in [1.807, 2.05) is 14.1 Å². The van der Waals surface area contributed by atoms with Crippen molar-refractivity contribution in [3.63, 3.8) is 0 Å². The summed E-state index contributed by atoms with van der Waals surface area (Å²) in [5.74, 6) is 1.08. The Labute approximate surface area is 92.4 Å². The van der Waals surface area contributed by atoms with Crippen LogP contribution in [0.2, 0.25) is 0 Å². The summed E-state index contributed by atoms with van der Waals surface area (Å²) in [6.45, 7) is 0. The molecule has 0 bridgehead atoms. The van der Waals surface area contributed by atoms with Gasteiger partial charge in [0.25, 0.3) is 0 Å². The minimum Gasteiger partial charge on any atom is -0.368 e. The first-order valence-electron chi connectivity index (χ1n) is 4.62. The molecule has 82 valence electrons. The fourth-order valence-electron chi connectivity index (χ4n) is 1.11. The number of aromatic nitrogens is 5. The summed E-state index contributed by atoms with van der Waals surface area (Å²) in [5, 5.41) is 0. The summed E-state index contributed by atoms with van der Waals surface area (Å²) in [6.07, 6.45) is 4.74. The molecule has 2 aromatic rings. The van der Waals surface area contributed by atoms with Crippen LogP contribution in [0, 0.1) is 0 Å². The molecule has 2 rings (SSSR count). The van der Waals surface area contributed by atoms with Crippen molar-refractivity contribution in [1.82, 2.24) is 24.9 Å². The summed E-state index contributed by atoms with van der Waals surface area (Å²) < 4.78 is 0. The van der Waals surface area contributed by atoms with Crippen molar-refractivity contribution in [3.05, 3.63) is 18.6 Å². The molecule has 0 atom stereocenters. The van der Waals surface area contributed by atoms with Crippen LogP contribution in [0.5, 0.6) is 0 Å². The van der Waals surface area contributed by atoms with Crippen LogP contribution >= 0.6 is 0 Å². The van der Waals surface area contributed by atoms with E-state index in [1.54, 1.807) is 23.5 Å². The summed E-state index contributed by atoms with van der Waals surface area (Å²) in [6, 6.07) is 0. The zero-order valence-electron chi connectivity index (χ0n) is 8.99. The Morgan fingerprint density at radius 2 is 1.94 bits per heavy atom. The average molecular weight is 217 g/mol. The third kappa shape index (κ3) is 2.02. The highest BCUT2D eigenvalue weighted by Gasteiger charge is 2.08. The Hall–Kier alpha value is -2.31. The Kier molecular flexibility index (Phi) is 2.59. The Bertz CT molecular complexity index is 482. The molecule has 7 nitrogen and oxygen atoms in total. The monoisotopic (exact) mass is 217 g/mol. The first-order valence-corrected chi connectivity index (χ1v) is 4.62. The predicted octanol–water partition coefficient (Wildman–Crippen LogP) is -0.0232. The smallest absolute Gasteiger partial charge is 0.230 e. The number of nitrogens with two attached hydrogens (primary N) is 1. The minimum atomic E-state index is 0.166. The van der Waals surface area contributed by atoms with Crippen molar-refractivity contribution in [2.45, 2.75) is 0 Å². The maximum absolute atomic E-state index is 5.60. The molecule has 0 aliphatic rings. The van der Waals surface area contributed by atoms with Crippen LogP contribution in [0.4, 0.5) is 11.9 Å². The maximum atomic E-state index is 5.60. The number of rotatable bonds is 2. The second-order valence-corrected chi connectivity index (χ2v) is 3.30. The highest BCUT2D eigenvalue weighted by Crippen LogP contribution is 2.13. The highest BCUT2D eigenvalue weighted by atomic mass is 15.3. The van der Waals surface area contributed by atoms with E-state index in [9.17, 15) is 0 Å². The van der Waals surface area contributed by atoms with E-state index in [1.165, 1.54) is 0 Å². The van der Waals surface area contributed by atoms with E-state index in [0.717, 1.165) is 0 Å². The summed E-state index contributed by atoms with van der Waals surface area (Å²) in [5.41, 5.74) is 6.17. The molecule has 0 aliphatic heterocycles. The number of hydrogen-bond acceptors (Lipinski definition) is 7. The summed E-state index contributed by atoms with van der Waals surface area (Å²) in [7, 11) is 3.66. The van der Waals surface area contributed by atoms with Crippen LogP contribution in [-0.4, -0.2) is 39.0 Å². The van der Waals surface area contributed by atoms with Gasteiger partial charge in [-0.1, -0.05) is 0 Å². The topological polar surface area (TPSA) is 93.7 Å². The second-order valence-electron chi connectivity index (χ2n) is 3.30. The lowest BCUT2D eigenvalue weighted by molar-refractivity contribution is 0.963. The van der Waals surface area contributed by atoms with Crippen molar-refractivity contribution in [3.8, 4) is 11.5 Å². The first-order chi connectivity index (χ1) is 7.66. The van der Waals surface area contributed by atoms with Gasteiger partial charge in [0.1, 0.15) is 5.69 Å². The lowest BCUT2D eigenvalue weighted by Crippen LogP contribution is -2.15. The van der Waals surface area contributed by atoms with Crippen molar-refractivity contribution in [2.75, 3.05) is 24.7 Å². The average Bonchev–Trinajstić information content (AvgIpc) is 2.29.